The first-order chi connectivity index (χ1) is 8.54. The van der Waals surface area contributed by atoms with E-state index >= 15 is 0 Å². The van der Waals surface area contributed by atoms with Crippen LogP contribution in [0.4, 0.5) is 0 Å². The summed E-state index contributed by atoms with van der Waals surface area (Å²) in [5.41, 5.74) is 1.64. The molecule has 0 aliphatic carbocycles. The summed E-state index contributed by atoms with van der Waals surface area (Å²) in [6.45, 7) is 1.53. The lowest BCUT2D eigenvalue weighted by atomic mass is 10.1. The molecule has 18 heavy (non-hydrogen) atoms. The number of aliphatic carboxylic acids is 1. The molecule has 0 aliphatic heterocycles. The lowest BCUT2D eigenvalue weighted by Gasteiger charge is -2.00. The van der Waals surface area contributed by atoms with Crippen molar-refractivity contribution in [2.24, 2.45) is 0 Å². The fourth-order valence-corrected chi connectivity index (χ4v) is 2.02. The quantitative estimate of drug-likeness (QED) is 0.837. The number of hydrogen-bond acceptors (Lipinski definition) is 2. The van der Waals surface area contributed by atoms with Gasteiger partial charge in [-0.05, 0) is 19.1 Å². The molecule has 2 rings (SSSR count). The zero-order valence-corrected chi connectivity index (χ0v) is 10.7. The second kappa shape index (κ2) is 4.74. The molecular weight excluding hydrogens is 254 g/mol. The number of rotatable bonds is 3. The van der Waals surface area contributed by atoms with E-state index in [1.807, 2.05) is 18.2 Å². The molecule has 0 radical (unpaired) electrons. The summed E-state index contributed by atoms with van der Waals surface area (Å²) in [6, 6.07) is 5.51. The van der Waals surface area contributed by atoms with Crippen LogP contribution < -0.4 is 4.74 Å². The maximum atomic E-state index is 10.8. The van der Waals surface area contributed by atoms with Gasteiger partial charge in [-0.2, -0.15) is 0 Å². The highest BCUT2D eigenvalue weighted by molar-refractivity contribution is 6.33. The number of carbonyl (C=O) groups is 1. The highest BCUT2D eigenvalue weighted by Crippen LogP contribution is 2.33. The van der Waals surface area contributed by atoms with Crippen LogP contribution in [0.1, 0.15) is 12.5 Å². The molecule has 0 bridgehead atoms. The van der Waals surface area contributed by atoms with Crippen LogP contribution in [0, 0.1) is 0 Å². The van der Waals surface area contributed by atoms with E-state index in [-0.39, 0.29) is 5.57 Å². The van der Waals surface area contributed by atoms with Gasteiger partial charge in [-0.3, -0.25) is 0 Å². The zero-order valence-electron chi connectivity index (χ0n) is 9.95. The number of H-pyrrole nitrogens is 1. The average molecular weight is 266 g/mol. The first-order valence-electron chi connectivity index (χ1n) is 5.30. The number of carboxylic acid groups (broad SMARTS) is 1. The maximum Gasteiger partial charge on any atom is 0.331 e. The van der Waals surface area contributed by atoms with Gasteiger partial charge in [-0.15, -0.1) is 0 Å². The van der Waals surface area contributed by atoms with Crippen molar-refractivity contribution in [2.45, 2.75) is 6.92 Å². The summed E-state index contributed by atoms with van der Waals surface area (Å²) in [4.78, 5) is 13.8. The summed E-state index contributed by atoms with van der Waals surface area (Å²) in [6.07, 6.45) is 1.54. The van der Waals surface area contributed by atoms with Crippen molar-refractivity contribution in [1.82, 2.24) is 4.98 Å². The Morgan fingerprint density at radius 3 is 2.83 bits per heavy atom. The van der Waals surface area contributed by atoms with Crippen LogP contribution in [0.5, 0.6) is 5.75 Å². The summed E-state index contributed by atoms with van der Waals surface area (Å²) in [5, 5.41) is 10.1. The van der Waals surface area contributed by atoms with Crippen molar-refractivity contribution < 1.29 is 14.6 Å². The number of methoxy groups -OCH3 is 1. The van der Waals surface area contributed by atoms with Gasteiger partial charge in [0, 0.05) is 16.5 Å². The second-order valence-corrected chi connectivity index (χ2v) is 4.25. The van der Waals surface area contributed by atoms with E-state index in [0.29, 0.717) is 16.5 Å². The van der Waals surface area contributed by atoms with Crippen LogP contribution in [-0.4, -0.2) is 23.2 Å². The number of para-hydroxylation sites is 1. The predicted octanol–water partition coefficient (Wildman–Crippen LogP) is 3.32. The summed E-state index contributed by atoms with van der Waals surface area (Å²) in [7, 11) is 1.57. The van der Waals surface area contributed by atoms with Crippen LogP contribution in [0.2, 0.25) is 5.15 Å². The standard InChI is InChI=1S/C13H12ClNO3/c1-7(13(16)17)6-9-8-4-3-5-10(18-2)11(8)15-12(9)14/h3-6,15H,1-2H3,(H,16,17)/b7-6+. The molecule has 0 aliphatic rings. The SMILES string of the molecule is COc1cccc2c(/C=C(\C)C(=O)O)c(Cl)[nH]c12. The number of nitrogens with one attached hydrogen (secondary N) is 1. The Hall–Kier alpha value is -1.94. The Bertz CT molecular complexity index is 643. The van der Waals surface area contributed by atoms with Crippen LogP contribution in [0.15, 0.2) is 23.8 Å². The Morgan fingerprint density at radius 2 is 2.22 bits per heavy atom. The molecule has 1 aromatic heterocycles. The molecule has 0 spiro atoms. The normalized spacial score (nSPS) is 11.8. The molecule has 94 valence electrons. The van der Waals surface area contributed by atoms with E-state index in [2.05, 4.69) is 4.98 Å². The molecule has 0 saturated carbocycles. The highest BCUT2D eigenvalue weighted by atomic mass is 35.5. The largest absolute Gasteiger partial charge is 0.495 e. The number of benzene rings is 1. The number of halogens is 1. The summed E-state index contributed by atoms with van der Waals surface area (Å²) >= 11 is 6.10. The Balaban J connectivity index is 2.69. The first kappa shape index (κ1) is 12.5. The molecule has 0 unspecified atom stereocenters. The Morgan fingerprint density at radius 1 is 1.50 bits per heavy atom. The third-order valence-electron chi connectivity index (χ3n) is 2.71. The van der Waals surface area contributed by atoms with E-state index in [0.717, 1.165) is 10.9 Å². The summed E-state index contributed by atoms with van der Waals surface area (Å²) in [5.74, 6) is -0.301. The predicted molar refractivity (Wildman–Crippen MR) is 71.1 cm³/mol. The molecule has 0 fully saturated rings. The summed E-state index contributed by atoms with van der Waals surface area (Å²) < 4.78 is 5.22. The second-order valence-electron chi connectivity index (χ2n) is 3.87. The molecular formula is C13H12ClNO3. The van der Waals surface area contributed by atoms with Crippen LogP contribution in [0.25, 0.3) is 17.0 Å². The number of aromatic amines is 1. The van der Waals surface area contributed by atoms with Gasteiger partial charge >= 0.3 is 5.97 Å². The first-order valence-corrected chi connectivity index (χ1v) is 5.68. The lowest BCUT2D eigenvalue weighted by molar-refractivity contribution is -0.132. The number of ether oxygens (including phenoxy) is 1. The van der Waals surface area contributed by atoms with E-state index in [1.165, 1.54) is 6.92 Å². The molecule has 0 amide bonds. The minimum atomic E-state index is -0.969. The average Bonchev–Trinajstić information content (AvgIpc) is 2.65. The number of aromatic nitrogens is 1. The molecule has 4 nitrogen and oxygen atoms in total. The minimum Gasteiger partial charge on any atom is -0.495 e. The van der Waals surface area contributed by atoms with Crippen molar-refractivity contribution in [2.75, 3.05) is 7.11 Å². The Labute approximate surface area is 109 Å². The van der Waals surface area contributed by atoms with E-state index in [4.69, 9.17) is 21.4 Å². The van der Waals surface area contributed by atoms with Gasteiger partial charge in [0.25, 0.3) is 0 Å². The molecule has 1 heterocycles. The maximum absolute atomic E-state index is 10.8. The van der Waals surface area contributed by atoms with Crippen molar-refractivity contribution in [3.05, 3.63) is 34.5 Å². The van der Waals surface area contributed by atoms with Gasteiger partial charge < -0.3 is 14.8 Å². The molecule has 2 aromatic rings. The number of hydrogen-bond donors (Lipinski definition) is 2. The topological polar surface area (TPSA) is 62.3 Å². The zero-order chi connectivity index (χ0) is 13.3. The third kappa shape index (κ3) is 2.07. The number of fused-ring (bicyclic) bond motifs is 1. The third-order valence-corrected chi connectivity index (χ3v) is 3.00. The molecule has 0 atom stereocenters. The smallest absolute Gasteiger partial charge is 0.331 e. The van der Waals surface area contributed by atoms with Crippen LogP contribution in [-0.2, 0) is 4.79 Å². The van der Waals surface area contributed by atoms with E-state index in [9.17, 15) is 4.79 Å². The fourth-order valence-electron chi connectivity index (χ4n) is 1.77. The molecule has 0 saturated heterocycles. The van der Waals surface area contributed by atoms with E-state index < -0.39 is 5.97 Å². The van der Waals surface area contributed by atoms with Gasteiger partial charge in [0.1, 0.15) is 10.9 Å². The lowest BCUT2D eigenvalue weighted by Crippen LogP contribution is -1.95. The fraction of sp³-hybridized carbons (Fsp3) is 0.154. The highest BCUT2D eigenvalue weighted by Gasteiger charge is 2.12. The van der Waals surface area contributed by atoms with Gasteiger partial charge in [-0.25, -0.2) is 4.79 Å². The van der Waals surface area contributed by atoms with E-state index in [1.54, 1.807) is 13.2 Å². The van der Waals surface area contributed by atoms with Crippen molar-refractivity contribution in [3.63, 3.8) is 0 Å². The molecule has 1 aromatic carbocycles. The Kier molecular flexibility index (Phi) is 3.30. The van der Waals surface area contributed by atoms with Gasteiger partial charge in [0.2, 0.25) is 0 Å². The number of carboxylic acids is 1. The van der Waals surface area contributed by atoms with Crippen LogP contribution in [0.3, 0.4) is 0 Å². The molecule has 5 heteroatoms. The molecule has 2 N–H and O–H groups in total. The van der Waals surface area contributed by atoms with Crippen molar-refractivity contribution >= 4 is 34.5 Å². The van der Waals surface area contributed by atoms with Gasteiger partial charge in [-0.1, -0.05) is 23.7 Å². The van der Waals surface area contributed by atoms with Crippen molar-refractivity contribution in [3.8, 4) is 5.75 Å². The minimum absolute atomic E-state index is 0.223. The van der Waals surface area contributed by atoms with Gasteiger partial charge in [0.05, 0.1) is 12.6 Å². The monoisotopic (exact) mass is 265 g/mol. The van der Waals surface area contributed by atoms with Crippen LogP contribution >= 0.6 is 11.6 Å². The van der Waals surface area contributed by atoms with Crippen molar-refractivity contribution in [1.29, 1.82) is 0 Å². The van der Waals surface area contributed by atoms with Gasteiger partial charge in [0.15, 0.2) is 0 Å².